The van der Waals surface area contributed by atoms with E-state index in [1.807, 2.05) is 0 Å². The summed E-state index contributed by atoms with van der Waals surface area (Å²) >= 11 is 0. The van der Waals surface area contributed by atoms with Crippen LogP contribution in [0.5, 0.6) is 0 Å². The van der Waals surface area contributed by atoms with Crippen molar-refractivity contribution in [2.45, 2.75) is 20.0 Å². The van der Waals surface area contributed by atoms with Crippen LogP contribution in [0, 0.1) is 22.9 Å². The van der Waals surface area contributed by atoms with E-state index in [9.17, 15) is 24.1 Å². The van der Waals surface area contributed by atoms with E-state index in [0.29, 0.717) is 11.3 Å². The number of benzene rings is 2. The third-order valence-corrected chi connectivity index (χ3v) is 3.98. The largest absolute Gasteiger partial charge is 0.449 e. The molecule has 28 heavy (non-hydrogen) atoms. The fraction of sp³-hybridized carbons (Fsp3) is 0.263. The summed E-state index contributed by atoms with van der Waals surface area (Å²) < 4.78 is 18.6. The maximum Gasteiger partial charge on any atom is 0.339 e. The maximum absolute atomic E-state index is 13.6. The molecule has 0 spiro atoms. The van der Waals surface area contributed by atoms with Crippen LogP contribution >= 0.6 is 0 Å². The van der Waals surface area contributed by atoms with E-state index in [4.69, 9.17) is 4.74 Å². The number of rotatable bonds is 6. The van der Waals surface area contributed by atoms with Crippen molar-refractivity contribution in [1.82, 2.24) is 0 Å². The zero-order valence-corrected chi connectivity index (χ0v) is 15.9. The summed E-state index contributed by atoms with van der Waals surface area (Å²) in [5.41, 5.74) is 0.668. The van der Waals surface area contributed by atoms with Crippen LogP contribution in [-0.2, 0) is 9.53 Å². The van der Waals surface area contributed by atoms with Gasteiger partial charge in [0, 0.05) is 25.8 Å². The Bertz CT molecular complexity index is 930. The van der Waals surface area contributed by atoms with Gasteiger partial charge in [-0.2, -0.15) is 0 Å². The van der Waals surface area contributed by atoms with Crippen LogP contribution < -0.4 is 10.2 Å². The molecule has 0 fully saturated rings. The molecule has 1 N–H and O–H groups in total. The van der Waals surface area contributed by atoms with Crippen molar-refractivity contribution in [2.24, 2.45) is 0 Å². The van der Waals surface area contributed by atoms with E-state index in [1.54, 1.807) is 25.9 Å². The molecule has 2 aromatic carbocycles. The first kappa shape index (κ1) is 20.8. The number of amides is 1. The van der Waals surface area contributed by atoms with Crippen molar-refractivity contribution < 1.29 is 23.6 Å². The number of carbonyl (C=O) groups is 2. The predicted octanol–water partition coefficient (Wildman–Crippen LogP) is 3.29. The van der Waals surface area contributed by atoms with Gasteiger partial charge < -0.3 is 15.0 Å². The van der Waals surface area contributed by atoms with Gasteiger partial charge in [0.1, 0.15) is 11.5 Å². The Balaban J connectivity index is 2.10. The van der Waals surface area contributed by atoms with Crippen molar-refractivity contribution in [3.8, 4) is 0 Å². The second-order valence-electron chi connectivity index (χ2n) is 6.36. The van der Waals surface area contributed by atoms with E-state index in [-0.39, 0.29) is 16.9 Å². The standard InChI is InChI=1S/C19H20FN3O5/c1-11-5-7-14(10-15(11)20)21-18(24)12(2)28-19(25)13-6-8-16(22(3)4)17(9-13)23(26)27/h5-10,12H,1-4H3,(H,21,24)/t12-/m1/s1. The van der Waals surface area contributed by atoms with Crippen molar-refractivity contribution in [1.29, 1.82) is 0 Å². The second-order valence-corrected chi connectivity index (χ2v) is 6.36. The topological polar surface area (TPSA) is 102 Å². The number of nitrogens with one attached hydrogen (secondary N) is 1. The molecule has 0 aliphatic carbocycles. The van der Waals surface area contributed by atoms with Crippen molar-refractivity contribution in [3.05, 3.63) is 63.5 Å². The van der Waals surface area contributed by atoms with Crippen LogP contribution in [0.1, 0.15) is 22.8 Å². The smallest absolute Gasteiger partial charge is 0.339 e. The van der Waals surface area contributed by atoms with Gasteiger partial charge in [0.25, 0.3) is 11.6 Å². The molecule has 0 saturated heterocycles. The number of nitrogens with zero attached hydrogens (tertiary/aromatic N) is 2. The van der Waals surface area contributed by atoms with Gasteiger partial charge in [-0.05, 0) is 43.7 Å². The van der Waals surface area contributed by atoms with Gasteiger partial charge in [-0.3, -0.25) is 14.9 Å². The van der Waals surface area contributed by atoms with Gasteiger partial charge in [-0.15, -0.1) is 0 Å². The van der Waals surface area contributed by atoms with Crippen molar-refractivity contribution in [3.63, 3.8) is 0 Å². The Hall–Kier alpha value is -3.49. The molecule has 0 aliphatic heterocycles. The molecule has 0 saturated carbocycles. The average molecular weight is 389 g/mol. The molecule has 0 radical (unpaired) electrons. The molecular weight excluding hydrogens is 369 g/mol. The monoisotopic (exact) mass is 389 g/mol. The maximum atomic E-state index is 13.6. The minimum Gasteiger partial charge on any atom is -0.449 e. The molecule has 0 heterocycles. The summed E-state index contributed by atoms with van der Waals surface area (Å²) in [5, 5.41) is 13.7. The Morgan fingerprint density at radius 3 is 2.46 bits per heavy atom. The van der Waals surface area contributed by atoms with E-state index in [1.165, 1.54) is 31.2 Å². The normalized spacial score (nSPS) is 11.5. The number of halogens is 1. The van der Waals surface area contributed by atoms with Crippen LogP contribution in [0.4, 0.5) is 21.5 Å². The Morgan fingerprint density at radius 1 is 1.21 bits per heavy atom. The third kappa shape index (κ3) is 4.81. The first-order chi connectivity index (χ1) is 13.1. The molecule has 2 aromatic rings. The summed E-state index contributed by atoms with van der Waals surface area (Å²) in [7, 11) is 3.28. The minimum absolute atomic E-state index is 0.0571. The molecule has 1 amide bonds. The zero-order chi connectivity index (χ0) is 21.0. The number of ether oxygens (including phenoxy) is 1. The highest BCUT2D eigenvalue weighted by atomic mass is 19.1. The second kappa shape index (κ2) is 8.47. The number of carbonyl (C=O) groups excluding carboxylic acids is 2. The fourth-order valence-corrected chi connectivity index (χ4v) is 2.37. The van der Waals surface area contributed by atoms with Crippen molar-refractivity contribution in [2.75, 3.05) is 24.3 Å². The van der Waals surface area contributed by atoms with E-state index < -0.39 is 28.7 Å². The van der Waals surface area contributed by atoms with Gasteiger partial charge in [-0.25, -0.2) is 9.18 Å². The quantitative estimate of drug-likeness (QED) is 0.462. The third-order valence-electron chi connectivity index (χ3n) is 3.98. The minimum atomic E-state index is -1.19. The molecule has 9 heteroatoms. The number of hydrogen-bond donors (Lipinski definition) is 1. The summed E-state index contributed by atoms with van der Waals surface area (Å²) in [6.07, 6.45) is -1.19. The van der Waals surface area contributed by atoms with Crippen LogP contribution in [0.25, 0.3) is 0 Å². The lowest BCUT2D eigenvalue weighted by molar-refractivity contribution is -0.384. The molecule has 148 valence electrons. The Labute approximate surface area is 161 Å². The highest BCUT2D eigenvalue weighted by molar-refractivity contribution is 5.97. The molecule has 0 unspecified atom stereocenters. The molecule has 0 bridgehead atoms. The number of anilines is 2. The van der Waals surface area contributed by atoms with Gasteiger partial charge >= 0.3 is 5.97 Å². The number of aryl methyl sites for hydroxylation is 1. The van der Waals surface area contributed by atoms with Crippen LogP contribution in [0.2, 0.25) is 0 Å². The van der Waals surface area contributed by atoms with Gasteiger partial charge in [-0.1, -0.05) is 6.07 Å². The lowest BCUT2D eigenvalue weighted by Gasteiger charge is -2.15. The highest BCUT2D eigenvalue weighted by Crippen LogP contribution is 2.28. The first-order valence-electron chi connectivity index (χ1n) is 8.34. The molecule has 1 atom stereocenters. The molecular formula is C19H20FN3O5. The molecule has 2 rings (SSSR count). The lowest BCUT2D eigenvalue weighted by Crippen LogP contribution is -2.30. The molecule has 0 aliphatic rings. The molecule has 8 nitrogen and oxygen atoms in total. The average Bonchev–Trinajstić information content (AvgIpc) is 2.63. The van der Waals surface area contributed by atoms with Crippen molar-refractivity contribution >= 4 is 28.9 Å². The number of nitro benzene ring substituents is 1. The summed E-state index contributed by atoms with van der Waals surface area (Å²) in [6, 6.07) is 8.09. The van der Waals surface area contributed by atoms with E-state index >= 15 is 0 Å². The van der Waals surface area contributed by atoms with Gasteiger partial charge in [0.05, 0.1) is 10.5 Å². The van der Waals surface area contributed by atoms with Crippen LogP contribution in [0.15, 0.2) is 36.4 Å². The lowest BCUT2D eigenvalue weighted by atomic mass is 10.1. The van der Waals surface area contributed by atoms with Crippen LogP contribution in [0.3, 0.4) is 0 Å². The van der Waals surface area contributed by atoms with E-state index in [2.05, 4.69) is 5.32 Å². The summed E-state index contributed by atoms with van der Waals surface area (Å²) in [6.45, 7) is 2.94. The Kier molecular flexibility index (Phi) is 6.29. The Morgan fingerprint density at radius 2 is 1.89 bits per heavy atom. The number of nitro groups is 1. The summed E-state index contributed by atoms with van der Waals surface area (Å²) in [5.74, 6) is -2.02. The van der Waals surface area contributed by atoms with Gasteiger partial charge in [0.15, 0.2) is 6.10 Å². The first-order valence-corrected chi connectivity index (χ1v) is 8.34. The summed E-state index contributed by atoms with van der Waals surface area (Å²) in [4.78, 5) is 36.6. The fourth-order valence-electron chi connectivity index (χ4n) is 2.37. The number of esters is 1. The highest BCUT2D eigenvalue weighted by Gasteiger charge is 2.23. The van der Waals surface area contributed by atoms with Gasteiger partial charge in [0.2, 0.25) is 0 Å². The zero-order valence-electron chi connectivity index (χ0n) is 15.9. The van der Waals surface area contributed by atoms with Crippen LogP contribution in [-0.4, -0.2) is 37.0 Å². The SMILES string of the molecule is Cc1ccc(NC(=O)[C@@H](C)OC(=O)c2ccc(N(C)C)c([N+](=O)[O-])c2)cc1F. The predicted molar refractivity (Wildman–Crippen MR) is 102 cm³/mol. The van der Waals surface area contributed by atoms with E-state index in [0.717, 1.165) is 12.1 Å². The molecule has 0 aromatic heterocycles. The number of hydrogen-bond acceptors (Lipinski definition) is 6.